The van der Waals surface area contributed by atoms with Crippen LogP contribution in [0.15, 0.2) is 18.2 Å². The smallest absolute Gasteiger partial charge is 0.224 e. The number of amides is 1. The van der Waals surface area contributed by atoms with Crippen molar-refractivity contribution < 1.29 is 9.90 Å². The molecular formula is C13H18N2O2. The van der Waals surface area contributed by atoms with Gasteiger partial charge in [0.15, 0.2) is 0 Å². The zero-order valence-corrected chi connectivity index (χ0v) is 9.99. The maximum Gasteiger partial charge on any atom is 0.224 e. The Bertz CT molecular complexity index is 418. The number of nitrogens with one attached hydrogen (secondary N) is 2. The highest BCUT2D eigenvalue weighted by Gasteiger charge is 2.14. The fourth-order valence-corrected chi connectivity index (χ4v) is 1.90. The maximum atomic E-state index is 11.2. The van der Waals surface area contributed by atoms with Crippen LogP contribution in [0.4, 0.5) is 5.69 Å². The van der Waals surface area contributed by atoms with E-state index in [9.17, 15) is 4.79 Å². The van der Waals surface area contributed by atoms with E-state index in [1.807, 2.05) is 19.1 Å². The predicted octanol–water partition coefficient (Wildman–Crippen LogP) is 1.04. The summed E-state index contributed by atoms with van der Waals surface area (Å²) in [5.41, 5.74) is 3.31. The Morgan fingerprint density at radius 1 is 1.47 bits per heavy atom. The highest BCUT2D eigenvalue weighted by Crippen LogP contribution is 2.23. The third-order valence-corrected chi connectivity index (χ3v) is 2.99. The SMILES string of the molecule is CC(CO)NCc1ccc2c(c1)CCC(=O)N2. The van der Waals surface area contributed by atoms with Crippen molar-refractivity contribution in [3.05, 3.63) is 29.3 Å². The van der Waals surface area contributed by atoms with Crippen molar-refractivity contribution in [2.75, 3.05) is 11.9 Å². The normalized spacial score (nSPS) is 16.2. The molecular weight excluding hydrogens is 216 g/mol. The van der Waals surface area contributed by atoms with Gasteiger partial charge in [-0.25, -0.2) is 0 Å². The average Bonchev–Trinajstić information content (AvgIpc) is 2.35. The second kappa shape index (κ2) is 5.29. The predicted molar refractivity (Wildman–Crippen MR) is 66.8 cm³/mol. The number of hydrogen-bond acceptors (Lipinski definition) is 3. The van der Waals surface area contributed by atoms with Gasteiger partial charge in [0.1, 0.15) is 0 Å². The minimum absolute atomic E-state index is 0.0947. The van der Waals surface area contributed by atoms with E-state index in [1.54, 1.807) is 0 Å². The molecule has 1 aromatic rings. The first-order chi connectivity index (χ1) is 8.19. The second-order valence-corrected chi connectivity index (χ2v) is 4.50. The number of carbonyl (C=O) groups excluding carboxylic acids is 1. The van der Waals surface area contributed by atoms with Gasteiger partial charge >= 0.3 is 0 Å². The summed E-state index contributed by atoms with van der Waals surface area (Å²) in [7, 11) is 0. The van der Waals surface area contributed by atoms with Gasteiger partial charge in [0.2, 0.25) is 5.91 Å². The van der Waals surface area contributed by atoms with Crippen LogP contribution in [0.25, 0.3) is 0 Å². The first-order valence-corrected chi connectivity index (χ1v) is 5.95. The zero-order valence-electron chi connectivity index (χ0n) is 9.99. The van der Waals surface area contributed by atoms with Gasteiger partial charge in [0.25, 0.3) is 0 Å². The van der Waals surface area contributed by atoms with Crippen LogP contribution in [0, 0.1) is 0 Å². The van der Waals surface area contributed by atoms with Crippen LogP contribution in [0.3, 0.4) is 0 Å². The van der Waals surface area contributed by atoms with Gasteiger partial charge in [-0.05, 0) is 30.5 Å². The van der Waals surface area contributed by atoms with Crippen LogP contribution in [-0.2, 0) is 17.8 Å². The summed E-state index contributed by atoms with van der Waals surface area (Å²) < 4.78 is 0. The Kier molecular flexibility index (Phi) is 3.76. The summed E-state index contributed by atoms with van der Waals surface area (Å²) in [4.78, 5) is 11.2. The topological polar surface area (TPSA) is 61.4 Å². The largest absolute Gasteiger partial charge is 0.395 e. The van der Waals surface area contributed by atoms with Crippen LogP contribution in [-0.4, -0.2) is 23.7 Å². The van der Waals surface area contributed by atoms with E-state index < -0.39 is 0 Å². The van der Waals surface area contributed by atoms with Crippen molar-refractivity contribution in [2.45, 2.75) is 32.4 Å². The minimum atomic E-state index is 0.0947. The number of aliphatic hydroxyl groups excluding tert-OH is 1. The molecule has 2 rings (SSSR count). The summed E-state index contributed by atoms with van der Waals surface area (Å²) in [5, 5.41) is 15.0. The third kappa shape index (κ3) is 3.05. The lowest BCUT2D eigenvalue weighted by Crippen LogP contribution is -2.28. The number of aliphatic hydroxyl groups is 1. The van der Waals surface area contributed by atoms with Gasteiger partial charge < -0.3 is 15.7 Å². The Labute approximate surface area is 101 Å². The molecule has 0 saturated carbocycles. The quantitative estimate of drug-likeness (QED) is 0.729. The van der Waals surface area contributed by atoms with Crippen molar-refractivity contribution in [3.63, 3.8) is 0 Å². The van der Waals surface area contributed by atoms with E-state index in [4.69, 9.17) is 5.11 Å². The molecule has 1 heterocycles. The minimum Gasteiger partial charge on any atom is -0.395 e. The van der Waals surface area contributed by atoms with Crippen molar-refractivity contribution in [2.24, 2.45) is 0 Å². The van der Waals surface area contributed by atoms with Gasteiger partial charge in [-0.3, -0.25) is 4.79 Å². The number of anilines is 1. The average molecular weight is 234 g/mol. The standard InChI is InChI=1S/C13H18N2O2/c1-9(8-16)14-7-10-2-4-12-11(6-10)3-5-13(17)15-12/h2,4,6,9,14,16H,3,5,7-8H2,1H3,(H,15,17). The molecule has 0 spiro atoms. The molecule has 0 aliphatic carbocycles. The van der Waals surface area contributed by atoms with Crippen LogP contribution in [0.2, 0.25) is 0 Å². The van der Waals surface area contributed by atoms with Gasteiger partial charge in [-0.1, -0.05) is 12.1 Å². The van der Waals surface area contributed by atoms with Crippen molar-refractivity contribution in [3.8, 4) is 0 Å². The van der Waals surface area contributed by atoms with Gasteiger partial charge in [0.05, 0.1) is 6.61 Å². The third-order valence-electron chi connectivity index (χ3n) is 2.99. The summed E-state index contributed by atoms with van der Waals surface area (Å²) in [6.07, 6.45) is 1.38. The molecule has 0 bridgehead atoms. The summed E-state index contributed by atoms with van der Waals surface area (Å²) in [5.74, 6) is 0.0947. The summed E-state index contributed by atoms with van der Waals surface area (Å²) in [6.45, 7) is 2.82. The van der Waals surface area contributed by atoms with Crippen LogP contribution >= 0.6 is 0 Å². The molecule has 1 aliphatic heterocycles. The molecule has 1 amide bonds. The molecule has 92 valence electrons. The summed E-state index contributed by atoms with van der Waals surface area (Å²) >= 11 is 0. The molecule has 3 N–H and O–H groups in total. The van der Waals surface area contributed by atoms with E-state index >= 15 is 0 Å². The van der Waals surface area contributed by atoms with Crippen LogP contribution < -0.4 is 10.6 Å². The molecule has 1 unspecified atom stereocenters. The number of fused-ring (bicyclic) bond motifs is 1. The van der Waals surface area contributed by atoms with E-state index in [0.29, 0.717) is 6.42 Å². The lowest BCUT2D eigenvalue weighted by atomic mass is 10.0. The fourth-order valence-electron chi connectivity index (χ4n) is 1.90. The Morgan fingerprint density at radius 3 is 3.06 bits per heavy atom. The highest BCUT2D eigenvalue weighted by molar-refractivity contribution is 5.93. The van der Waals surface area contributed by atoms with Crippen molar-refractivity contribution >= 4 is 11.6 Å². The van der Waals surface area contributed by atoms with Gasteiger partial charge in [0, 0.05) is 24.7 Å². The molecule has 1 aliphatic rings. The number of benzene rings is 1. The molecule has 4 heteroatoms. The van der Waals surface area contributed by atoms with E-state index in [-0.39, 0.29) is 18.6 Å². The van der Waals surface area contributed by atoms with E-state index in [2.05, 4.69) is 16.7 Å². The van der Waals surface area contributed by atoms with Gasteiger partial charge in [-0.2, -0.15) is 0 Å². The first-order valence-electron chi connectivity index (χ1n) is 5.95. The molecule has 0 aromatic heterocycles. The second-order valence-electron chi connectivity index (χ2n) is 4.50. The van der Waals surface area contributed by atoms with Crippen LogP contribution in [0.1, 0.15) is 24.5 Å². The molecule has 1 aromatic carbocycles. The number of aryl methyl sites for hydroxylation is 1. The van der Waals surface area contributed by atoms with Crippen LogP contribution in [0.5, 0.6) is 0 Å². The molecule has 0 radical (unpaired) electrons. The fraction of sp³-hybridized carbons (Fsp3) is 0.462. The van der Waals surface area contributed by atoms with E-state index in [1.165, 1.54) is 11.1 Å². The first kappa shape index (κ1) is 12.1. The maximum absolute atomic E-state index is 11.2. The highest BCUT2D eigenvalue weighted by atomic mass is 16.3. The lowest BCUT2D eigenvalue weighted by molar-refractivity contribution is -0.116. The Morgan fingerprint density at radius 2 is 2.29 bits per heavy atom. The zero-order chi connectivity index (χ0) is 12.3. The number of hydrogen-bond donors (Lipinski definition) is 3. The number of rotatable bonds is 4. The molecule has 1 atom stereocenters. The Balaban J connectivity index is 2.04. The molecule has 0 saturated heterocycles. The molecule has 4 nitrogen and oxygen atoms in total. The van der Waals surface area contributed by atoms with Crippen molar-refractivity contribution in [1.29, 1.82) is 0 Å². The van der Waals surface area contributed by atoms with Gasteiger partial charge in [-0.15, -0.1) is 0 Å². The number of carbonyl (C=O) groups is 1. The van der Waals surface area contributed by atoms with E-state index in [0.717, 1.165) is 18.7 Å². The lowest BCUT2D eigenvalue weighted by Gasteiger charge is -2.18. The van der Waals surface area contributed by atoms with Crippen molar-refractivity contribution in [1.82, 2.24) is 5.32 Å². The monoisotopic (exact) mass is 234 g/mol. The molecule has 0 fully saturated rings. The Hall–Kier alpha value is -1.39. The molecule has 17 heavy (non-hydrogen) atoms. The summed E-state index contributed by atoms with van der Waals surface area (Å²) in [6, 6.07) is 6.17.